The summed E-state index contributed by atoms with van der Waals surface area (Å²) in [6, 6.07) is 7.49. The number of amides is 1. The molecule has 0 aliphatic carbocycles. The van der Waals surface area contributed by atoms with Crippen molar-refractivity contribution >= 4 is 17.6 Å². The molecule has 0 radical (unpaired) electrons. The molecule has 1 aromatic carbocycles. The highest BCUT2D eigenvalue weighted by atomic mass is 16.5. The second kappa shape index (κ2) is 6.61. The number of hydrogen-bond acceptors (Lipinski definition) is 4. The molecule has 0 N–H and O–H groups in total. The van der Waals surface area contributed by atoms with Crippen LogP contribution in [0.5, 0.6) is 0 Å². The maximum atomic E-state index is 12.6. The number of hydrogen-bond donors (Lipinski definition) is 0. The summed E-state index contributed by atoms with van der Waals surface area (Å²) in [5, 5.41) is 0. The Morgan fingerprint density at radius 2 is 1.95 bits per heavy atom. The van der Waals surface area contributed by atoms with Gasteiger partial charge in [-0.05, 0) is 37.1 Å². The molecule has 0 saturated carbocycles. The number of nitrogens with zero attached hydrogens (tertiary/aromatic N) is 2. The van der Waals surface area contributed by atoms with Crippen LogP contribution in [0.4, 0.5) is 5.69 Å². The van der Waals surface area contributed by atoms with Crippen LogP contribution in [0, 0.1) is 0 Å². The highest BCUT2D eigenvalue weighted by Crippen LogP contribution is 2.23. The Morgan fingerprint density at radius 1 is 1.29 bits per heavy atom. The standard InChI is InChI=1S/C16H22N2O3/c1-17(2)13-8-6-12(7-9-13)16(20)18-10-4-5-14(18)11-15(19)21-3/h6-9,14H,4-5,10-11H2,1-3H3/t14-/m1/s1. The van der Waals surface area contributed by atoms with Crippen molar-refractivity contribution in [1.29, 1.82) is 0 Å². The molecule has 1 amide bonds. The van der Waals surface area contributed by atoms with Crippen molar-refractivity contribution in [2.75, 3.05) is 32.6 Å². The molecule has 0 unspecified atom stereocenters. The van der Waals surface area contributed by atoms with Crippen molar-refractivity contribution in [3.05, 3.63) is 29.8 Å². The molecule has 2 rings (SSSR count). The largest absolute Gasteiger partial charge is 0.469 e. The minimum absolute atomic E-state index is 0.00768. The maximum Gasteiger partial charge on any atom is 0.307 e. The molecular formula is C16H22N2O3. The van der Waals surface area contributed by atoms with Crippen molar-refractivity contribution in [3.8, 4) is 0 Å². The molecule has 0 bridgehead atoms. The van der Waals surface area contributed by atoms with Crippen LogP contribution < -0.4 is 4.90 Å². The fourth-order valence-corrected chi connectivity index (χ4v) is 2.66. The third-order valence-corrected chi connectivity index (χ3v) is 3.90. The van der Waals surface area contributed by atoms with Gasteiger partial charge >= 0.3 is 5.97 Å². The number of ether oxygens (including phenoxy) is 1. The molecular weight excluding hydrogens is 268 g/mol. The van der Waals surface area contributed by atoms with E-state index in [1.165, 1.54) is 7.11 Å². The number of likely N-dealkylation sites (tertiary alicyclic amines) is 1. The Labute approximate surface area is 125 Å². The number of anilines is 1. The monoisotopic (exact) mass is 290 g/mol. The van der Waals surface area contributed by atoms with Gasteiger partial charge in [0.1, 0.15) is 0 Å². The molecule has 0 aromatic heterocycles. The lowest BCUT2D eigenvalue weighted by molar-refractivity contribution is -0.141. The molecule has 1 heterocycles. The minimum Gasteiger partial charge on any atom is -0.469 e. The summed E-state index contributed by atoms with van der Waals surface area (Å²) in [7, 11) is 5.30. The zero-order valence-corrected chi connectivity index (χ0v) is 12.8. The van der Waals surface area contributed by atoms with Gasteiger partial charge in [-0.1, -0.05) is 0 Å². The second-order valence-electron chi connectivity index (χ2n) is 5.52. The fourth-order valence-electron chi connectivity index (χ4n) is 2.66. The van der Waals surface area contributed by atoms with E-state index < -0.39 is 0 Å². The molecule has 1 aliphatic rings. The summed E-state index contributed by atoms with van der Waals surface area (Å²) in [6.45, 7) is 0.704. The quantitative estimate of drug-likeness (QED) is 0.795. The average molecular weight is 290 g/mol. The van der Waals surface area contributed by atoms with Crippen molar-refractivity contribution in [2.45, 2.75) is 25.3 Å². The summed E-state index contributed by atoms with van der Waals surface area (Å²) in [5.74, 6) is -0.269. The number of methoxy groups -OCH3 is 1. The molecule has 1 aromatic rings. The number of carbonyl (C=O) groups excluding carboxylic acids is 2. The number of rotatable bonds is 4. The summed E-state index contributed by atoms with van der Waals surface area (Å²) >= 11 is 0. The lowest BCUT2D eigenvalue weighted by Gasteiger charge is -2.24. The van der Waals surface area contributed by atoms with E-state index in [2.05, 4.69) is 0 Å². The molecule has 1 saturated heterocycles. The van der Waals surface area contributed by atoms with Crippen molar-refractivity contribution < 1.29 is 14.3 Å². The van der Waals surface area contributed by atoms with Crippen LogP contribution in [0.25, 0.3) is 0 Å². The van der Waals surface area contributed by atoms with Crippen LogP contribution in [0.1, 0.15) is 29.6 Å². The van der Waals surface area contributed by atoms with Gasteiger partial charge in [-0.2, -0.15) is 0 Å². The zero-order valence-electron chi connectivity index (χ0n) is 12.8. The van der Waals surface area contributed by atoms with E-state index in [-0.39, 0.29) is 24.3 Å². The lowest BCUT2D eigenvalue weighted by atomic mass is 10.1. The van der Waals surface area contributed by atoms with Crippen LogP contribution >= 0.6 is 0 Å². The van der Waals surface area contributed by atoms with Crippen LogP contribution in [0.2, 0.25) is 0 Å². The van der Waals surface area contributed by atoms with E-state index in [1.807, 2.05) is 43.3 Å². The summed E-state index contributed by atoms with van der Waals surface area (Å²) in [6.07, 6.45) is 2.07. The predicted octanol–water partition coefficient (Wildman–Crippen LogP) is 1.92. The van der Waals surface area contributed by atoms with Gasteiger partial charge in [0.15, 0.2) is 0 Å². The van der Waals surface area contributed by atoms with Gasteiger partial charge in [-0.25, -0.2) is 0 Å². The Balaban J connectivity index is 2.09. The molecule has 1 aliphatic heterocycles. The Kier molecular flexibility index (Phi) is 4.83. The van der Waals surface area contributed by atoms with Gasteiger partial charge in [0, 0.05) is 37.9 Å². The Hall–Kier alpha value is -2.04. The Bertz CT molecular complexity index is 511. The lowest BCUT2D eigenvalue weighted by Crippen LogP contribution is -2.37. The molecule has 114 valence electrons. The molecule has 21 heavy (non-hydrogen) atoms. The van der Waals surface area contributed by atoms with Crippen LogP contribution in [-0.2, 0) is 9.53 Å². The number of esters is 1. The van der Waals surface area contributed by atoms with E-state index in [4.69, 9.17) is 4.74 Å². The Morgan fingerprint density at radius 3 is 2.52 bits per heavy atom. The first-order valence-corrected chi connectivity index (χ1v) is 7.18. The van der Waals surface area contributed by atoms with Gasteiger partial charge < -0.3 is 14.5 Å². The maximum absolute atomic E-state index is 12.6. The van der Waals surface area contributed by atoms with E-state index >= 15 is 0 Å². The SMILES string of the molecule is COC(=O)C[C@H]1CCCN1C(=O)c1ccc(N(C)C)cc1. The van der Waals surface area contributed by atoms with Crippen LogP contribution in [-0.4, -0.2) is 50.6 Å². The summed E-state index contributed by atoms with van der Waals surface area (Å²) in [4.78, 5) is 27.8. The van der Waals surface area contributed by atoms with Crippen LogP contribution in [0.3, 0.4) is 0 Å². The second-order valence-corrected chi connectivity index (χ2v) is 5.52. The van der Waals surface area contributed by atoms with Gasteiger partial charge in [0.05, 0.1) is 13.5 Å². The van der Waals surface area contributed by atoms with E-state index in [0.717, 1.165) is 18.5 Å². The first-order chi connectivity index (χ1) is 10.0. The zero-order chi connectivity index (χ0) is 15.4. The number of benzene rings is 1. The summed E-state index contributed by atoms with van der Waals surface area (Å²) < 4.78 is 4.71. The van der Waals surface area contributed by atoms with Gasteiger partial charge in [0.2, 0.25) is 0 Å². The smallest absolute Gasteiger partial charge is 0.307 e. The van der Waals surface area contributed by atoms with Crippen molar-refractivity contribution in [2.24, 2.45) is 0 Å². The fraction of sp³-hybridized carbons (Fsp3) is 0.500. The number of carbonyl (C=O) groups is 2. The van der Waals surface area contributed by atoms with Crippen LogP contribution in [0.15, 0.2) is 24.3 Å². The van der Waals surface area contributed by atoms with E-state index in [1.54, 1.807) is 4.90 Å². The van der Waals surface area contributed by atoms with E-state index in [9.17, 15) is 9.59 Å². The average Bonchev–Trinajstić information content (AvgIpc) is 2.94. The van der Waals surface area contributed by atoms with Crippen molar-refractivity contribution in [3.63, 3.8) is 0 Å². The van der Waals surface area contributed by atoms with E-state index in [0.29, 0.717) is 12.1 Å². The van der Waals surface area contributed by atoms with Gasteiger partial charge in [0.25, 0.3) is 5.91 Å². The molecule has 0 spiro atoms. The topological polar surface area (TPSA) is 49.9 Å². The normalized spacial score (nSPS) is 17.7. The first-order valence-electron chi connectivity index (χ1n) is 7.18. The predicted molar refractivity (Wildman–Crippen MR) is 81.5 cm³/mol. The molecule has 1 atom stereocenters. The van der Waals surface area contributed by atoms with Gasteiger partial charge in [-0.15, -0.1) is 0 Å². The molecule has 1 fully saturated rings. The summed E-state index contributed by atoms with van der Waals surface area (Å²) in [5.41, 5.74) is 1.72. The third kappa shape index (κ3) is 3.54. The highest BCUT2D eigenvalue weighted by Gasteiger charge is 2.31. The molecule has 5 nitrogen and oxygen atoms in total. The van der Waals surface area contributed by atoms with Crippen molar-refractivity contribution in [1.82, 2.24) is 4.90 Å². The third-order valence-electron chi connectivity index (χ3n) is 3.90. The molecule has 5 heteroatoms. The highest BCUT2D eigenvalue weighted by molar-refractivity contribution is 5.95. The van der Waals surface area contributed by atoms with Gasteiger partial charge in [-0.3, -0.25) is 9.59 Å². The first kappa shape index (κ1) is 15.4. The minimum atomic E-state index is -0.261.